The van der Waals surface area contributed by atoms with E-state index in [4.69, 9.17) is 9.47 Å². The first-order valence-electron chi connectivity index (χ1n) is 10.3. The molecule has 0 atom stereocenters. The predicted molar refractivity (Wildman–Crippen MR) is 113 cm³/mol. The minimum absolute atomic E-state index is 0.0636. The van der Waals surface area contributed by atoms with Gasteiger partial charge < -0.3 is 19.8 Å². The molecule has 1 heterocycles. The van der Waals surface area contributed by atoms with E-state index in [9.17, 15) is 14.4 Å². The molecule has 2 rings (SSSR count). The van der Waals surface area contributed by atoms with Crippen molar-refractivity contribution in [2.24, 2.45) is 0 Å². The molecule has 29 heavy (non-hydrogen) atoms. The Balaban J connectivity index is 2.15. The quantitative estimate of drug-likeness (QED) is 0.529. The van der Waals surface area contributed by atoms with Crippen LogP contribution in [0.5, 0.6) is 11.5 Å². The molecule has 2 N–H and O–H groups in total. The van der Waals surface area contributed by atoms with E-state index >= 15 is 0 Å². The Hall–Kier alpha value is -2.77. The number of unbranched alkanes of at least 4 members (excludes halogenated alkanes) is 2. The maximum absolute atomic E-state index is 12.8. The van der Waals surface area contributed by atoms with E-state index in [1.54, 1.807) is 12.1 Å². The molecule has 0 saturated carbocycles. The molecule has 0 bridgehead atoms. The Kier molecular flexibility index (Phi) is 8.76. The van der Waals surface area contributed by atoms with Gasteiger partial charge in [-0.15, -0.1) is 0 Å². The summed E-state index contributed by atoms with van der Waals surface area (Å²) in [5, 5.41) is 3.21. The number of ether oxygens (including phenoxy) is 2. The molecule has 0 aliphatic rings. The summed E-state index contributed by atoms with van der Waals surface area (Å²) >= 11 is 0. The number of aromatic amines is 1. The normalized spacial score (nSPS) is 10.9. The number of rotatable bonds is 12. The summed E-state index contributed by atoms with van der Waals surface area (Å²) in [5.74, 6) is 0.879. The van der Waals surface area contributed by atoms with Crippen LogP contribution in [0, 0.1) is 0 Å². The molecular formula is C21H31N3O5. The van der Waals surface area contributed by atoms with Gasteiger partial charge >= 0.3 is 5.69 Å². The average Bonchev–Trinajstić information content (AvgIpc) is 2.69. The molecule has 0 spiro atoms. The number of benzene rings is 1. The molecule has 1 aromatic carbocycles. The van der Waals surface area contributed by atoms with Crippen LogP contribution in [0.25, 0.3) is 10.9 Å². The van der Waals surface area contributed by atoms with Crippen LogP contribution in [0.1, 0.15) is 52.9 Å². The topological polar surface area (TPSA) is 102 Å². The summed E-state index contributed by atoms with van der Waals surface area (Å²) in [6, 6.07) is 3.21. The van der Waals surface area contributed by atoms with Gasteiger partial charge in [0, 0.05) is 25.6 Å². The Morgan fingerprint density at radius 2 is 1.72 bits per heavy atom. The molecule has 8 heteroatoms. The van der Waals surface area contributed by atoms with E-state index in [0.717, 1.165) is 23.8 Å². The first-order chi connectivity index (χ1) is 14.0. The summed E-state index contributed by atoms with van der Waals surface area (Å²) in [7, 11) is 0. The number of aromatic nitrogens is 2. The monoisotopic (exact) mass is 405 g/mol. The van der Waals surface area contributed by atoms with Crippen LogP contribution in [-0.2, 0) is 11.3 Å². The second kappa shape index (κ2) is 11.3. The number of carbonyl (C=O) groups is 1. The number of hydrogen-bond acceptors (Lipinski definition) is 5. The van der Waals surface area contributed by atoms with Crippen LogP contribution in [0.3, 0.4) is 0 Å². The van der Waals surface area contributed by atoms with Crippen LogP contribution < -0.4 is 26.0 Å². The van der Waals surface area contributed by atoms with Gasteiger partial charge in [-0.2, -0.15) is 0 Å². The zero-order valence-electron chi connectivity index (χ0n) is 17.5. The average molecular weight is 405 g/mol. The fourth-order valence-electron chi connectivity index (χ4n) is 3.09. The summed E-state index contributed by atoms with van der Waals surface area (Å²) in [6.45, 7) is 7.49. The third-order valence-corrected chi connectivity index (χ3v) is 4.53. The number of hydrogen-bond donors (Lipinski definition) is 2. The minimum atomic E-state index is -0.502. The molecule has 0 radical (unpaired) electrons. The van der Waals surface area contributed by atoms with Crippen molar-refractivity contribution in [2.75, 3.05) is 19.8 Å². The highest BCUT2D eigenvalue weighted by atomic mass is 16.5. The van der Waals surface area contributed by atoms with Crippen LogP contribution >= 0.6 is 0 Å². The van der Waals surface area contributed by atoms with Gasteiger partial charge in [0.2, 0.25) is 5.91 Å². The van der Waals surface area contributed by atoms with E-state index in [1.807, 2.05) is 13.8 Å². The lowest BCUT2D eigenvalue weighted by Crippen LogP contribution is -2.35. The van der Waals surface area contributed by atoms with E-state index in [0.29, 0.717) is 48.6 Å². The predicted octanol–water partition coefficient (Wildman–Crippen LogP) is 2.57. The highest BCUT2D eigenvalue weighted by molar-refractivity contribution is 5.81. The Labute approximate surface area is 170 Å². The third kappa shape index (κ3) is 6.10. The van der Waals surface area contributed by atoms with Crippen molar-refractivity contribution in [3.05, 3.63) is 33.0 Å². The minimum Gasteiger partial charge on any atom is -0.490 e. The maximum Gasteiger partial charge on any atom is 0.328 e. The molecule has 0 aliphatic carbocycles. The molecular weight excluding hydrogens is 374 g/mol. The van der Waals surface area contributed by atoms with Gasteiger partial charge in [0.25, 0.3) is 5.56 Å². The molecule has 1 amide bonds. The second-order valence-corrected chi connectivity index (χ2v) is 6.76. The Morgan fingerprint density at radius 3 is 2.38 bits per heavy atom. The summed E-state index contributed by atoms with van der Waals surface area (Å²) in [4.78, 5) is 39.8. The van der Waals surface area contributed by atoms with E-state index in [-0.39, 0.29) is 18.9 Å². The van der Waals surface area contributed by atoms with Crippen LogP contribution in [0.4, 0.5) is 0 Å². The Bertz CT molecular complexity index is 932. The number of H-pyrrole nitrogens is 1. The lowest BCUT2D eigenvalue weighted by atomic mass is 10.2. The maximum atomic E-state index is 12.8. The first kappa shape index (κ1) is 22.5. The van der Waals surface area contributed by atoms with Gasteiger partial charge in [-0.1, -0.05) is 19.8 Å². The van der Waals surface area contributed by atoms with Gasteiger partial charge in [0.05, 0.1) is 24.1 Å². The standard InChI is InChI=1S/C21H31N3O5/c1-4-7-8-11-22-19(25)10-9-12-24-20(26)15-13-17(28-5-2)18(29-6-3)14-16(15)23-21(24)27/h13-14H,4-12H2,1-3H3,(H,22,25)(H,23,27). The largest absolute Gasteiger partial charge is 0.490 e. The second-order valence-electron chi connectivity index (χ2n) is 6.76. The van der Waals surface area contributed by atoms with E-state index in [1.165, 1.54) is 0 Å². The highest BCUT2D eigenvalue weighted by Crippen LogP contribution is 2.30. The lowest BCUT2D eigenvalue weighted by Gasteiger charge is -2.13. The zero-order chi connectivity index (χ0) is 21.2. The van der Waals surface area contributed by atoms with E-state index in [2.05, 4.69) is 17.2 Å². The van der Waals surface area contributed by atoms with E-state index < -0.39 is 11.2 Å². The molecule has 1 aromatic heterocycles. The molecule has 0 unspecified atom stereocenters. The van der Waals surface area contributed by atoms with Crippen molar-refractivity contribution in [2.45, 2.75) is 59.4 Å². The van der Waals surface area contributed by atoms with Crippen molar-refractivity contribution >= 4 is 16.8 Å². The molecule has 0 fully saturated rings. The van der Waals surface area contributed by atoms with Crippen molar-refractivity contribution in [3.8, 4) is 11.5 Å². The van der Waals surface area contributed by atoms with Gasteiger partial charge in [0.1, 0.15) is 0 Å². The number of nitrogens with zero attached hydrogens (tertiary/aromatic N) is 1. The van der Waals surface area contributed by atoms with Gasteiger partial charge in [-0.3, -0.25) is 14.2 Å². The van der Waals surface area contributed by atoms with Gasteiger partial charge in [-0.25, -0.2) is 4.79 Å². The SMILES string of the molecule is CCCCCNC(=O)CCCn1c(=O)[nH]c2cc(OCC)c(OCC)cc2c1=O. The molecule has 2 aromatic rings. The molecule has 0 aliphatic heterocycles. The fourth-order valence-corrected chi connectivity index (χ4v) is 3.09. The van der Waals surface area contributed by atoms with Crippen molar-refractivity contribution in [3.63, 3.8) is 0 Å². The fraction of sp³-hybridized carbons (Fsp3) is 0.571. The molecule has 8 nitrogen and oxygen atoms in total. The zero-order valence-corrected chi connectivity index (χ0v) is 17.5. The van der Waals surface area contributed by atoms with Gasteiger partial charge in [0.15, 0.2) is 11.5 Å². The number of amides is 1. The Morgan fingerprint density at radius 1 is 1.03 bits per heavy atom. The van der Waals surface area contributed by atoms with Crippen molar-refractivity contribution < 1.29 is 14.3 Å². The third-order valence-electron chi connectivity index (χ3n) is 4.53. The van der Waals surface area contributed by atoms with Crippen molar-refractivity contribution in [1.29, 1.82) is 0 Å². The van der Waals surface area contributed by atoms with Crippen LogP contribution in [0.15, 0.2) is 21.7 Å². The molecule has 160 valence electrons. The number of fused-ring (bicyclic) bond motifs is 1. The van der Waals surface area contributed by atoms with Crippen LogP contribution in [0.2, 0.25) is 0 Å². The van der Waals surface area contributed by atoms with Crippen LogP contribution in [-0.4, -0.2) is 35.2 Å². The molecule has 0 saturated heterocycles. The smallest absolute Gasteiger partial charge is 0.328 e. The highest BCUT2D eigenvalue weighted by Gasteiger charge is 2.14. The number of carbonyl (C=O) groups excluding carboxylic acids is 1. The van der Waals surface area contributed by atoms with Crippen molar-refractivity contribution in [1.82, 2.24) is 14.9 Å². The summed E-state index contributed by atoms with van der Waals surface area (Å²) in [6.07, 6.45) is 3.81. The number of nitrogens with one attached hydrogen (secondary N) is 2. The lowest BCUT2D eigenvalue weighted by molar-refractivity contribution is -0.121. The summed E-state index contributed by atoms with van der Waals surface area (Å²) in [5.41, 5.74) is -0.509. The first-order valence-corrected chi connectivity index (χ1v) is 10.3. The summed E-state index contributed by atoms with van der Waals surface area (Å²) < 4.78 is 12.2. The van der Waals surface area contributed by atoms with Gasteiger partial charge in [-0.05, 0) is 32.8 Å².